The Morgan fingerprint density at radius 3 is 2.35 bits per heavy atom. The first kappa shape index (κ1) is 10.7. The number of fused-ring (bicyclic) bond motifs is 1. The molecule has 1 aliphatic carbocycles. The fourth-order valence-corrected chi connectivity index (χ4v) is 1.59. The Balaban J connectivity index is 2.73. The number of hydrogen-bond donors (Lipinski definition) is 0. The van der Waals surface area contributed by atoms with Gasteiger partial charge in [-0.15, -0.1) is 0 Å². The van der Waals surface area contributed by atoms with E-state index in [2.05, 4.69) is 11.5 Å². The van der Waals surface area contributed by atoms with Gasteiger partial charge in [0, 0.05) is 11.1 Å². The predicted molar refractivity (Wildman–Crippen MR) is 59.9 cm³/mol. The van der Waals surface area contributed by atoms with E-state index in [1.807, 2.05) is 6.07 Å². The van der Waals surface area contributed by atoms with E-state index in [0.717, 1.165) is 4.90 Å². The van der Waals surface area contributed by atoms with Gasteiger partial charge >= 0.3 is 0 Å². The van der Waals surface area contributed by atoms with Crippen LogP contribution in [0.4, 0.5) is 0 Å². The SMILES string of the molecule is N#CC1=C=C=C(N(C=O)C=O)c2ccccc21. The van der Waals surface area contributed by atoms with Crippen molar-refractivity contribution < 1.29 is 9.59 Å². The molecular weight excluding hydrogens is 216 g/mol. The molecule has 80 valence electrons. The minimum Gasteiger partial charge on any atom is -0.278 e. The van der Waals surface area contributed by atoms with Gasteiger partial charge in [0.15, 0.2) is 0 Å². The van der Waals surface area contributed by atoms with E-state index in [1.165, 1.54) is 0 Å². The van der Waals surface area contributed by atoms with E-state index in [4.69, 9.17) is 5.26 Å². The highest BCUT2D eigenvalue weighted by molar-refractivity contribution is 5.93. The van der Waals surface area contributed by atoms with Crippen LogP contribution in [0.15, 0.2) is 35.7 Å². The van der Waals surface area contributed by atoms with Crippen molar-refractivity contribution in [2.45, 2.75) is 0 Å². The lowest BCUT2D eigenvalue weighted by atomic mass is 9.96. The minimum absolute atomic E-state index is 0.296. The average molecular weight is 222 g/mol. The third kappa shape index (κ3) is 1.68. The average Bonchev–Trinajstić information content (AvgIpc) is 2.40. The van der Waals surface area contributed by atoms with E-state index < -0.39 is 0 Å². The number of benzene rings is 1. The van der Waals surface area contributed by atoms with E-state index in [0.29, 0.717) is 35.2 Å². The largest absolute Gasteiger partial charge is 0.278 e. The summed E-state index contributed by atoms with van der Waals surface area (Å²) in [4.78, 5) is 22.3. The molecule has 4 nitrogen and oxygen atoms in total. The van der Waals surface area contributed by atoms with Crippen LogP contribution >= 0.6 is 0 Å². The third-order valence-corrected chi connectivity index (χ3v) is 2.35. The van der Waals surface area contributed by atoms with Crippen LogP contribution in [0.2, 0.25) is 0 Å². The van der Waals surface area contributed by atoms with E-state index in [-0.39, 0.29) is 0 Å². The minimum atomic E-state index is 0.296. The van der Waals surface area contributed by atoms with Crippen LogP contribution in [0.5, 0.6) is 0 Å². The van der Waals surface area contributed by atoms with Gasteiger partial charge in [-0.25, -0.2) is 4.90 Å². The molecule has 0 saturated heterocycles. The standard InChI is InChI=1S/C13H6N2O2/c14-7-10-5-6-13(15(8-16)9-17)12-4-2-1-3-11(10)12/h1-4,8-9H. The summed E-state index contributed by atoms with van der Waals surface area (Å²) in [6, 6.07) is 8.97. The van der Waals surface area contributed by atoms with Crippen LogP contribution in [-0.2, 0) is 9.59 Å². The second kappa shape index (κ2) is 4.34. The number of nitriles is 1. The molecule has 0 aromatic heterocycles. The molecule has 1 aliphatic rings. The third-order valence-electron chi connectivity index (χ3n) is 2.35. The number of amides is 2. The first-order valence-electron chi connectivity index (χ1n) is 4.76. The molecule has 2 amide bonds. The molecule has 0 bridgehead atoms. The molecule has 0 unspecified atom stereocenters. The Hall–Kier alpha value is -2.85. The van der Waals surface area contributed by atoms with Gasteiger partial charge in [-0.05, 0) is 11.5 Å². The number of rotatable bonds is 3. The van der Waals surface area contributed by atoms with Crippen molar-refractivity contribution in [3.05, 3.63) is 46.9 Å². The van der Waals surface area contributed by atoms with E-state index >= 15 is 0 Å². The van der Waals surface area contributed by atoms with Crippen molar-refractivity contribution >= 4 is 24.1 Å². The zero-order valence-corrected chi connectivity index (χ0v) is 8.68. The Morgan fingerprint density at radius 2 is 1.76 bits per heavy atom. The summed E-state index contributed by atoms with van der Waals surface area (Å²) >= 11 is 0. The number of carbonyl (C=O) groups is 2. The summed E-state index contributed by atoms with van der Waals surface area (Å²) in [5, 5.41) is 8.93. The smallest absolute Gasteiger partial charge is 0.221 e. The van der Waals surface area contributed by atoms with Crippen molar-refractivity contribution in [3.8, 4) is 6.07 Å². The van der Waals surface area contributed by atoms with Crippen molar-refractivity contribution in [1.82, 2.24) is 4.90 Å². The fraction of sp³-hybridized carbons (Fsp3) is 0. The van der Waals surface area contributed by atoms with Crippen LogP contribution < -0.4 is 0 Å². The number of hydrogen-bond acceptors (Lipinski definition) is 3. The molecule has 0 fully saturated rings. The highest BCUT2D eigenvalue weighted by atomic mass is 16.2. The summed E-state index contributed by atoms with van der Waals surface area (Å²) in [6.07, 6.45) is 0.788. The van der Waals surface area contributed by atoms with E-state index in [1.54, 1.807) is 24.3 Å². The summed E-state index contributed by atoms with van der Waals surface area (Å²) in [5.41, 5.74) is 7.16. The van der Waals surface area contributed by atoms with Crippen molar-refractivity contribution in [2.24, 2.45) is 0 Å². The topological polar surface area (TPSA) is 61.2 Å². The molecule has 0 heterocycles. The van der Waals surface area contributed by atoms with Gasteiger partial charge in [0.2, 0.25) is 12.8 Å². The molecule has 1 aromatic carbocycles. The molecule has 2 rings (SSSR count). The lowest BCUT2D eigenvalue weighted by Crippen LogP contribution is -2.18. The summed E-state index contributed by atoms with van der Waals surface area (Å²) in [6.45, 7) is 0. The van der Waals surface area contributed by atoms with Crippen molar-refractivity contribution in [3.63, 3.8) is 0 Å². The van der Waals surface area contributed by atoms with Gasteiger partial charge in [-0.1, -0.05) is 24.3 Å². The van der Waals surface area contributed by atoms with Gasteiger partial charge in [0.1, 0.15) is 17.3 Å². The summed E-state index contributed by atoms with van der Waals surface area (Å²) in [7, 11) is 0. The Kier molecular flexibility index (Phi) is 2.72. The Morgan fingerprint density at radius 1 is 1.12 bits per heavy atom. The van der Waals surface area contributed by atoms with Gasteiger partial charge in [0.05, 0.1) is 0 Å². The first-order chi connectivity index (χ1) is 8.31. The lowest BCUT2D eigenvalue weighted by molar-refractivity contribution is -0.125. The predicted octanol–water partition coefficient (Wildman–Crippen LogP) is 1.32. The first-order valence-corrected chi connectivity index (χ1v) is 4.76. The maximum Gasteiger partial charge on any atom is 0.221 e. The van der Waals surface area contributed by atoms with Crippen LogP contribution in [0.25, 0.3) is 11.3 Å². The zero-order valence-electron chi connectivity index (χ0n) is 8.68. The molecule has 0 N–H and O–H groups in total. The number of carbonyl (C=O) groups excluding carboxylic acids is 2. The second-order valence-corrected chi connectivity index (χ2v) is 3.25. The molecule has 0 spiro atoms. The fourth-order valence-electron chi connectivity index (χ4n) is 1.59. The van der Waals surface area contributed by atoms with Gasteiger partial charge in [0.25, 0.3) is 0 Å². The normalized spacial score (nSPS) is 11.7. The highest BCUT2D eigenvalue weighted by Gasteiger charge is 2.18. The maximum absolute atomic E-state index is 10.7. The quantitative estimate of drug-likeness (QED) is 0.572. The second-order valence-electron chi connectivity index (χ2n) is 3.25. The molecule has 1 aromatic rings. The van der Waals surface area contributed by atoms with E-state index in [9.17, 15) is 9.59 Å². The van der Waals surface area contributed by atoms with Crippen LogP contribution in [0.3, 0.4) is 0 Å². The van der Waals surface area contributed by atoms with Gasteiger partial charge < -0.3 is 0 Å². The molecule has 0 aliphatic heterocycles. The number of nitrogens with zero attached hydrogens (tertiary/aromatic N) is 2. The van der Waals surface area contributed by atoms with Gasteiger partial charge in [-0.3, -0.25) is 9.59 Å². The molecule has 0 saturated carbocycles. The van der Waals surface area contributed by atoms with Crippen LogP contribution in [-0.4, -0.2) is 17.7 Å². The molecule has 0 atom stereocenters. The lowest BCUT2D eigenvalue weighted by Gasteiger charge is -2.16. The van der Waals surface area contributed by atoms with Crippen molar-refractivity contribution in [1.29, 1.82) is 5.26 Å². The molecule has 4 heteroatoms. The summed E-state index contributed by atoms with van der Waals surface area (Å²) < 4.78 is 0. The van der Waals surface area contributed by atoms with Crippen LogP contribution in [0, 0.1) is 11.3 Å². The maximum atomic E-state index is 10.7. The molecule has 0 radical (unpaired) electrons. The summed E-state index contributed by atoms with van der Waals surface area (Å²) in [5.74, 6) is 0. The molecule has 17 heavy (non-hydrogen) atoms. The monoisotopic (exact) mass is 222 g/mol. The highest BCUT2D eigenvalue weighted by Crippen LogP contribution is 2.27. The van der Waals surface area contributed by atoms with Crippen LogP contribution in [0.1, 0.15) is 11.1 Å². The van der Waals surface area contributed by atoms with Crippen molar-refractivity contribution in [2.75, 3.05) is 0 Å². The number of imide groups is 1. The number of allylic oxidation sites excluding steroid dienone is 1. The Labute approximate surface area is 97.4 Å². The zero-order chi connectivity index (χ0) is 12.3. The Bertz CT molecular complexity index is 632. The van der Waals surface area contributed by atoms with Gasteiger partial charge in [-0.2, -0.15) is 5.26 Å². The molecular formula is C13H6N2O2.